The summed E-state index contributed by atoms with van der Waals surface area (Å²) in [5, 5.41) is 6.01. The van der Waals surface area contributed by atoms with Gasteiger partial charge in [-0.1, -0.05) is 0 Å². The smallest absolute Gasteiger partial charge is 0.280 e. The van der Waals surface area contributed by atoms with Crippen LogP contribution in [-0.4, -0.2) is 31.9 Å². The summed E-state index contributed by atoms with van der Waals surface area (Å²) in [6.07, 6.45) is 1.53. The number of nitrogens with zero attached hydrogens (tertiary/aromatic N) is 3. The molecule has 0 aliphatic carbocycles. The number of nitrogen functional groups attached to an aromatic ring is 1. The SMILES string of the molecule is CC(C)NC(=O)c1ccc(NCc2cnc3nc(N)[nH]c(=O)c3n2)cc1. The third-order valence-corrected chi connectivity index (χ3v) is 3.53. The Labute approximate surface area is 149 Å². The molecule has 0 atom stereocenters. The Morgan fingerprint density at radius 2 is 1.96 bits per heavy atom. The Kier molecular flexibility index (Phi) is 4.78. The molecule has 3 rings (SSSR count). The normalized spacial score (nSPS) is 10.9. The van der Waals surface area contributed by atoms with E-state index in [4.69, 9.17) is 5.73 Å². The zero-order chi connectivity index (χ0) is 18.7. The number of carbonyl (C=O) groups is 1. The van der Waals surface area contributed by atoms with Gasteiger partial charge in [0.05, 0.1) is 18.4 Å². The molecule has 3 aromatic rings. The van der Waals surface area contributed by atoms with Crippen molar-refractivity contribution in [3.8, 4) is 0 Å². The van der Waals surface area contributed by atoms with E-state index in [1.165, 1.54) is 6.20 Å². The van der Waals surface area contributed by atoms with Gasteiger partial charge in [0, 0.05) is 17.3 Å². The first-order valence-corrected chi connectivity index (χ1v) is 8.08. The number of benzene rings is 1. The maximum atomic E-state index is 11.9. The van der Waals surface area contributed by atoms with Crippen LogP contribution in [-0.2, 0) is 6.54 Å². The second-order valence-electron chi connectivity index (χ2n) is 6.04. The van der Waals surface area contributed by atoms with Crippen LogP contribution in [0.25, 0.3) is 11.2 Å². The molecule has 2 aromatic heterocycles. The number of anilines is 2. The van der Waals surface area contributed by atoms with E-state index in [1.54, 1.807) is 24.3 Å². The molecule has 9 nitrogen and oxygen atoms in total. The van der Waals surface area contributed by atoms with Gasteiger partial charge < -0.3 is 16.4 Å². The largest absolute Gasteiger partial charge is 0.379 e. The molecule has 26 heavy (non-hydrogen) atoms. The minimum absolute atomic E-state index is 0.00395. The molecule has 0 aliphatic heterocycles. The van der Waals surface area contributed by atoms with Gasteiger partial charge >= 0.3 is 0 Å². The molecular formula is C17H19N7O2. The van der Waals surface area contributed by atoms with Crippen molar-refractivity contribution in [2.45, 2.75) is 26.4 Å². The fourth-order valence-corrected chi connectivity index (χ4v) is 2.33. The van der Waals surface area contributed by atoms with Gasteiger partial charge in [0.2, 0.25) is 5.95 Å². The van der Waals surface area contributed by atoms with E-state index in [0.29, 0.717) is 17.8 Å². The number of aromatic nitrogens is 4. The maximum absolute atomic E-state index is 11.9. The summed E-state index contributed by atoms with van der Waals surface area (Å²) in [7, 11) is 0. The summed E-state index contributed by atoms with van der Waals surface area (Å²) in [5.41, 5.74) is 7.38. The number of H-pyrrole nitrogens is 1. The van der Waals surface area contributed by atoms with Crippen molar-refractivity contribution < 1.29 is 4.79 Å². The third kappa shape index (κ3) is 3.94. The number of hydrogen-bond acceptors (Lipinski definition) is 7. The molecule has 2 heterocycles. The van der Waals surface area contributed by atoms with E-state index in [-0.39, 0.29) is 29.1 Å². The number of hydrogen-bond donors (Lipinski definition) is 4. The van der Waals surface area contributed by atoms with Crippen molar-refractivity contribution in [3.63, 3.8) is 0 Å². The number of nitrogens with two attached hydrogens (primary N) is 1. The highest BCUT2D eigenvalue weighted by Crippen LogP contribution is 2.11. The van der Waals surface area contributed by atoms with E-state index in [1.807, 2.05) is 13.8 Å². The van der Waals surface area contributed by atoms with Gasteiger partial charge in [-0.25, -0.2) is 9.97 Å². The standard InChI is InChI=1S/C17H19N7O2/c1-9(2)21-15(25)10-3-5-11(6-4-10)19-7-12-8-20-14-13(22-12)16(26)24-17(18)23-14/h3-6,8-9,19H,7H2,1-2H3,(H,21,25)(H3,18,20,23,24,26). The fourth-order valence-electron chi connectivity index (χ4n) is 2.33. The van der Waals surface area contributed by atoms with Crippen LogP contribution in [0.1, 0.15) is 29.9 Å². The van der Waals surface area contributed by atoms with Crippen LogP contribution in [0.3, 0.4) is 0 Å². The van der Waals surface area contributed by atoms with Gasteiger partial charge in [0.15, 0.2) is 11.2 Å². The number of amides is 1. The van der Waals surface area contributed by atoms with E-state index < -0.39 is 5.56 Å². The summed E-state index contributed by atoms with van der Waals surface area (Å²) in [4.78, 5) is 38.5. The van der Waals surface area contributed by atoms with E-state index in [0.717, 1.165) is 5.69 Å². The summed E-state index contributed by atoms with van der Waals surface area (Å²) < 4.78 is 0. The van der Waals surface area contributed by atoms with Crippen LogP contribution in [0.2, 0.25) is 0 Å². The molecule has 0 bridgehead atoms. The van der Waals surface area contributed by atoms with Crippen molar-refractivity contribution in [1.82, 2.24) is 25.3 Å². The Morgan fingerprint density at radius 1 is 1.23 bits per heavy atom. The molecule has 5 N–H and O–H groups in total. The van der Waals surface area contributed by atoms with Gasteiger partial charge in [-0.15, -0.1) is 0 Å². The van der Waals surface area contributed by atoms with Gasteiger partial charge in [-0.3, -0.25) is 14.6 Å². The second-order valence-corrected chi connectivity index (χ2v) is 6.04. The molecule has 0 unspecified atom stereocenters. The second kappa shape index (κ2) is 7.18. The molecule has 134 valence electrons. The van der Waals surface area contributed by atoms with Crippen LogP contribution in [0.15, 0.2) is 35.3 Å². The Morgan fingerprint density at radius 3 is 2.65 bits per heavy atom. The Bertz CT molecular complexity index is 996. The first-order chi connectivity index (χ1) is 12.4. The zero-order valence-corrected chi connectivity index (χ0v) is 14.4. The monoisotopic (exact) mass is 353 g/mol. The first-order valence-electron chi connectivity index (χ1n) is 8.08. The molecule has 9 heteroatoms. The Hall–Kier alpha value is -3.49. The number of nitrogens with one attached hydrogen (secondary N) is 3. The van der Waals surface area contributed by atoms with Crippen LogP contribution >= 0.6 is 0 Å². The summed E-state index contributed by atoms with van der Waals surface area (Å²) in [5.74, 6) is -0.109. The lowest BCUT2D eigenvalue weighted by atomic mass is 10.2. The van der Waals surface area contributed by atoms with Crippen molar-refractivity contribution in [3.05, 3.63) is 52.1 Å². The number of rotatable bonds is 5. The lowest BCUT2D eigenvalue weighted by molar-refractivity contribution is 0.0943. The fraction of sp³-hybridized carbons (Fsp3) is 0.235. The predicted molar refractivity (Wildman–Crippen MR) is 98.7 cm³/mol. The van der Waals surface area contributed by atoms with Crippen molar-refractivity contribution in [1.29, 1.82) is 0 Å². The van der Waals surface area contributed by atoms with Crippen molar-refractivity contribution >= 4 is 28.7 Å². The molecule has 0 aliphatic rings. The summed E-state index contributed by atoms with van der Waals surface area (Å²) in [6.45, 7) is 4.19. The lowest BCUT2D eigenvalue weighted by Gasteiger charge is -2.10. The molecule has 1 aromatic carbocycles. The van der Waals surface area contributed by atoms with Gasteiger partial charge in [0.25, 0.3) is 11.5 Å². The maximum Gasteiger partial charge on any atom is 0.280 e. The van der Waals surface area contributed by atoms with Crippen LogP contribution < -0.4 is 21.9 Å². The highest BCUT2D eigenvalue weighted by Gasteiger charge is 2.08. The predicted octanol–water partition coefficient (Wildman–Crippen LogP) is 1.05. The molecule has 1 amide bonds. The number of fused-ring (bicyclic) bond motifs is 1. The van der Waals surface area contributed by atoms with Crippen molar-refractivity contribution in [2.24, 2.45) is 0 Å². The minimum atomic E-state index is -0.428. The van der Waals surface area contributed by atoms with Crippen molar-refractivity contribution in [2.75, 3.05) is 11.1 Å². The minimum Gasteiger partial charge on any atom is -0.379 e. The molecule has 0 radical (unpaired) electrons. The molecular weight excluding hydrogens is 334 g/mol. The molecule has 0 fully saturated rings. The first kappa shape index (κ1) is 17.3. The van der Waals surface area contributed by atoms with E-state index >= 15 is 0 Å². The van der Waals surface area contributed by atoms with Gasteiger partial charge in [0.1, 0.15) is 0 Å². The van der Waals surface area contributed by atoms with Crippen LogP contribution in [0.4, 0.5) is 11.6 Å². The number of aromatic amines is 1. The topological polar surface area (TPSA) is 139 Å². The van der Waals surface area contributed by atoms with E-state index in [2.05, 4.69) is 30.6 Å². The van der Waals surface area contributed by atoms with Gasteiger partial charge in [-0.2, -0.15) is 4.98 Å². The van der Waals surface area contributed by atoms with E-state index in [9.17, 15) is 9.59 Å². The quantitative estimate of drug-likeness (QED) is 0.537. The molecule has 0 saturated carbocycles. The Balaban J connectivity index is 1.70. The van der Waals surface area contributed by atoms with Crippen LogP contribution in [0, 0.1) is 0 Å². The highest BCUT2D eigenvalue weighted by molar-refractivity contribution is 5.94. The average molecular weight is 353 g/mol. The highest BCUT2D eigenvalue weighted by atomic mass is 16.1. The lowest BCUT2D eigenvalue weighted by Crippen LogP contribution is -2.29. The van der Waals surface area contributed by atoms with Crippen LogP contribution in [0.5, 0.6) is 0 Å². The molecule has 0 spiro atoms. The third-order valence-electron chi connectivity index (χ3n) is 3.53. The number of carbonyl (C=O) groups excluding carboxylic acids is 1. The summed E-state index contributed by atoms with van der Waals surface area (Å²) >= 11 is 0. The zero-order valence-electron chi connectivity index (χ0n) is 14.4. The molecule has 0 saturated heterocycles. The summed E-state index contributed by atoms with van der Waals surface area (Å²) in [6, 6.07) is 7.17. The average Bonchev–Trinajstić information content (AvgIpc) is 2.60. The van der Waals surface area contributed by atoms with Gasteiger partial charge in [-0.05, 0) is 38.1 Å².